The van der Waals surface area contributed by atoms with Gasteiger partial charge in [0, 0.05) is 19.5 Å². The molecular formula is C28H47BN4O8. The highest BCUT2D eigenvalue weighted by Crippen LogP contribution is 2.29. The predicted octanol–water partition coefficient (Wildman–Crippen LogP) is 2.15. The highest BCUT2D eigenvalue weighted by molar-refractivity contribution is 6.43. The molecule has 0 aromatic heterocycles. The van der Waals surface area contributed by atoms with Gasteiger partial charge in [-0.1, -0.05) is 39.8 Å². The fourth-order valence-electron chi connectivity index (χ4n) is 4.81. The predicted molar refractivity (Wildman–Crippen MR) is 154 cm³/mol. The molecule has 230 valence electrons. The molecule has 1 fully saturated rings. The summed E-state index contributed by atoms with van der Waals surface area (Å²) in [4.78, 5) is 55.8. The zero-order valence-electron chi connectivity index (χ0n) is 25.8. The van der Waals surface area contributed by atoms with Crippen molar-refractivity contribution in [3.63, 3.8) is 0 Å². The molecule has 1 saturated heterocycles. The maximum absolute atomic E-state index is 14.0. The number of likely N-dealkylation sites (tertiary alicyclic amines) is 1. The van der Waals surface area contributed by atoms with Gasteiger partial charge in [-0.15, -0.1) is 0 Å². The second-order valence-corrected chi connectivity index (χ2v) is 12.8. The second-order valence-electron chi connectivity index (χ2n) is 12.8. The second kappa shape index (κ2) is 13.7. The van der Waals surface area contributed by atoms with E-state index in [4.69, 9.17) is 9.47 Å². The van der Waals surface area contributed by atoms with Crippen LogP contribution in [0.5, 0.6) is 0 Å². The van der Waals surface area contributed by atoms with Gasteiger partial charge in [0.1, 0.15) is 23.8 Å². The third kappa shape index (κ3) is 9.49. The van der Waals surface area contributed by atoms with Crippen molar-refractivity contribution in [3.8, 4) is 0 Å². The number of carbonyl (C=O) groups excluding carboxylic acids is 4. The molecule has 4 N–H and O–H groups in total. The Labute approximate surface area is 243 Å². The fraction of sp³-hybridized carbons (Fsp3) is 0.714. The summed E-state index contributed by atoms with van der Waals surface area (Å²) in [6, 6.07) is -2.14. The van der Waals surface area contributed by atoms with Gasteiger partial charge in [-0.2, -0.15) is 0 Å². The van der Waals surface area contributed by atoms with E-state index in [0.717, 1.165) is 11.1 Å². The van der Waals surface area contributed by atoms with Crippen LogP contribution in [0.1, 0.15) is 75.2 Å². The SMILES string of the molecule is C/C=C\C1=C(C)CN(C(=O)O[C@@H]2C[C@@H](C(=O)N[C@@H](CC)B(O)O)N(C(=O)[C@@H](NC(=O)OC(C)(C)C)C(C)(C)C)C2)C1. The summed E-state index contributed by atoms with van der Waals surface area (Å²) in [6.07, 6.45) is 1.96. The van der Waals surface area contributed by atoms with Gasteiger partial charge in [-0.05, 0) is 57.6 Å². The Bertz CT molecular complexity index is 1050. The first-order chi connectivity index (χ1) is 18.9. The lowest BCUT2D eigenvalue weighted by Gasteiger charge is -2.35. The molecular weight excluding hydrogens is 531 g/mol. The number of nitrogens with zero attached hydrogens (tertiary/aromatic N) is 2. The van der Waals surface area contributed by atoms with E-state index in [1.165, 1.54) is 4.90 Å². The van der Waals surface area contributed by atoms with Gasteiger partial charge in [-0.25, -0.2) is 9.59 Å². The van der Waals surface area contributed by atoms with Crippen LogP contribution < -0.4 is 10.6 Å². The largest absolute Gasteiger partial charge is 0.475 e. The lowest BCUT2D eigenvalue weighted by atomic mass is 9.77. The van der Waals surface area contributed by atoms with Crippen LogP contribution in [0, 0.1) is 5.41 Å². The average molecular weight is 579 g/mol. The molecule has 0 bridgehead atoms. The molecule has 0 radical (unpaired) electrons. The molecule has 2 rings (SSSR count). The van der Waals surface area contributed by atoms with Crippen molar-refractivity contribution in [2.24, 2.45) is 5.41 Å². The van der Waals surface area contributed by atoms with Gasteiger partial charge in [0.2, 0.25) is 11.8 Å². The molecule has 2 aliphatic rings. The standard InChI is InChI=1S/C28H47BN4O8/c1-10-12-18-15-32(14-17(18)3)26(37)40-19-13-20(23(34)30-21(11-2)29(38)39)33(16-19)24(35)22(27(4,5)6)31-25(36)41-28(7,8)9/h10,12,19-22,38-39H,11,13-16H2,1-9H3,(H,30,34)(H,31,36)/b12-10-/t19-,20+,21+,22-/m1/s1. The molecule has 4 amide bonds. The number of hydrogen-bond acceptors (Lipinski definition) is 8. The van der Waals surface area contributed by atoms with Crippen molar-refractivity contribution in [2.45, 2.75) is 105 Å². The zero-order valence-corrected chi connectivity index (χ0v) is 25.8. The fourth-order valence-corrected chi connectivity index (χ4v) is 4.81. The molecule has 0 aliphatic carbocycles. The number of nitrogens with one attached hydrogen (secondary N) is 2. The molecule has 2 heterocycles. The Hall–Kier alpha value is -3.06. The van der Waals surface area contributed by atoms with Crippen LogP contribution in [0.4, 0.5) is 9.59 Å². The molecule has 12 nitrogen and oxygen atoms in total. The first-order valence-electron chi connectivity index (χ1n) is 14.1. The van der Waals surface area contributed by atoms with Crippen LogP contribution in [0.2, 0.25) is 0 Å². The van der Waals surface area contributed by atoms with Crippen LogP contribution in [0.25, 0.3) is 0 Å². The molecule has 0 aromatic rings. The van der Waals surface area contributed by atoms with Crippen molar-refractivity contribution < 1.29 is 38.7 Å². The van der Waals surface area contributed by atoms with E-state index < -0.39 is 66.3 Å². The molecule has 13 heteroatoms. The number of alkyl carbamates (subject to hydrolysis) is 1. The van der Waals surface area contributed by atoms with Gasteiger partial charge >= 0.3 is 19.3 Å². The van der Waals surface area contributed by atoms with E-state index in [1.807, 2.05) is 26.0 Å². The lowest BCUT2D eigenvalue weighted by molar-refractivity contribution is -0.142. The van der Waals surface area contributed by atoms with E-state index in [9.17, 15) is 29.2 Å². The monoisotopic (exact) mass is 578 g/mol. The molecule has 4 atom stereocenters. The minimum atomic E-state index is -1.79. The Morgan fingerprint density at radius 3 is 2.24 bits per heavy atom. The average Bonchev–Trinajstić information content (AvgIpc) is 3.42. The van der Waals surface area contributed by atoms with E-state index in [2.05, 4.69) is 10.6 Å². The van der Waals surface area contributed by atoms with Gasteiger partial charge in [0.15, 0.2) is 0 Å². The highest BCUT2D eigenvalue weighted by atomic mass is 16.6. The van der Waals surface area contributed by atoms with Crippen LogP contribution >= 0.6 is 0 Å². The molecule has 0 spiro atoms. The Balaban J connectivity index is 2.30. The molecule has 0 unspecified atom stereocenters. The van der Waals surface area contributed by atoms with Crippen molar-refractivity contribution in [2.75, 3.05) is 19.6 Å². The molecule has 41 heavy (non-hydrogen) atoms. The molecule has 2 aliphatic heterocycles. The maximum Gasteiger partial charge on any atom is 0.475 e. The van der Waals surface area contributed by atoms with E-state index in [-0.39, 0.29) is 19.4 Å². The molecule has 0 aromatic carbocycles. The highest BCUT2D eigenvalue weighted by Gasteiger charge is 2.47. The van der Waals surface area contributed by atoms with Crippen molar-refractivity contribution in [3.05, 3.63) is 23.3 Å². The summed E-state index contributed by atoms with van der Waals surface area (Å²) in [7, 11) is -1.79. The third-order valence-corrected chi connectivity index (χ3v) is 6.98. The zero-order chi connectivity index (χ0) is 31.3. The van der Waals surface area contributed by atoms with Crippen LogP contribution in [-0.2, 0) is 19.1 Å². The van der Waals surface area contributed by atoms with E-state index in [0.29, 0.717) is 13.1 Å². The van der Waals surface area contributed by atoms with Gasteiger partial charge in [-0.3, -0.25) is 14.5 Å². The number of hydrogen-bond donors (Lipinski definition) is 4. The summed E-state index contributed by atoms with van der Waals surface area (Å²) >= 11 is 0. The summed E-state index contributed by atoms with van der Waals surface area (Å²) < 4.78 is 11.1. The Morgan fingerprint density at radius 1 is 1.10 bits per heavy atom. The summed E-state index contributed by atoms with van der Waals surface area (Å²) in [6.45, 7) is 16.7. The first-order valence-corrected chi connectivity index (χ1v) is 14.1. The van der Waals surface area contributed by atoms with Crippen LogP contribution in [0.15, 0.2) is 23.3 Å². The summed E-state index contributed by atoms with van der Waals surface area (Å²) in [5.74, 6) is -2.12. The summed E-state index contributed by atoms with van der Waals surface area (Å²) in [5, 5.41) is 24.5. The van der Waals surface area contributed by atoms with Gasteiger partial charge in [0.05, 0.1) is 12.5 Å². The number of amides is 4. The van der Waals surface area contributed by atoms with Crippen LogP contribution in [-0.4, -0.2) is 100 Å². The third-order valence-electron chi connectivity index (χ3n) is 6.98. The summed E-state index contributed by atoms with van der Waals surface area (Å²) in [5.41, 5.74) is 0.522. The number of allylic oxidation sites excluding steroid dienone is 1. The quantitative estimate of drug-likeness (QED) is 0.319. The van der Waals surface area contributed by atoms with Crippen molar-refractivity contribution in [1.29, 1.82) is 0 Å². The van der Waals surface area contributed by atoms with Crippen molar-refractivity contribution >= 4 is 31.1 Å². The minimum absolute atomic E-state index is 0.00649. The maximum atomic E-state index is 14.0. The number of ether oxygens (including phenoxy) is 2. The van der Waals surface area contributed by atoms with E-state index in [1.54, 1.807) is 53.4 Å². The molecule has 0 saturated carbocycles. The smallest absolute Gasteiger partial charge is 0.444 e. The minimum Gasteiger partial charge on any atom is -0.444 e. The Morgan fingerprint density at radius 2 is 1.73 bits per heavy atom. The number of carbonyl (C=O) groups is 4. The first kappa shape index (κ1) is 34.1. The number of rotatable bonds is 8. The van der Waals surface area contributed by atoms with Crippen LogP contribution in [0.3, 0.4) is 0 Å². The van der Waals surface area contributed by atoms with E-state index >= 15 is 0 Å². The van der Waals surface area contributed by atoms with Gasteiger partial charge < -0.3 is 35.1 Å². The lowest BCUT2D eigenvalue weighted by Crippen LogP contribution is -2.59. The normalized spacial score (nSPS) is 21.1. The Kier molecular flexibility index (Phi) is 11.4. The van der Waals surface area contributed by atoms with Gasteiger partial charge in [0.25, 0.3) is 0 Å². The van der Waals surface area contributed by atoms with Crippen molar-refractivity contribution in [1.82, 2.24) is 20.4 Å². The topological polar surface area (TPSA) is 158 Å².